The summed E-state index contributed by atoms with van der Waals surface area (Å²) in [4.78, 5) is 24.7. The Kier molecular flexibility index (Phi) is 4.88. The maximum absolute atomic E-state index is 12.6. The number of hydrogen-bond donors (Lipinski definition) is 1. The Morgan fingerprint density at radius 3 is 2.48 bits per heavy atom. The zero-order valence-corrected chi connectivity index (χ0v) is 14.3. The SMILES string of the molecule is Cc1ccccc1C(=O)OC1CCCC1(Cc1ccccc1)C(=O)O. The molecule has 3 rings (SSSR count). The van der Waals surface area contributed by atoms with Crippen molar-refractivity contribution in [2.45, 2.75) is 38.7 Å². The molecule has 0 aliphatic heterocycles. The van der Waals surface area contributed by atoms with E-state index in [1.54, 1.807) is 12.1 Å². The molecule has 2 aromatic rings. The highest BCUT2D eigenvalue weighted by Gasteiger charge is 2.51. The van der Waals surface area contributed by atoms with E-state index in [1.807, 2.05) is 49.4 Å². The highest BCUT2D eigenvalue weighted by Crippen LogP contribution is 2.43. The fraction of sp³-hybridized carbons (Fsp3) is 0.333. The average Bonchev–Trinajstić information content (AvgIpc) is 3.00. The van der Waals surface area contributed by atoms with Gasteiger partial charge in [-0.15, -0.1) is 0 Å². The molecule has 0 aromatic heterocycles. The van der Waals surface area contributed by atoms with Gasteiger partial charge < -0.3 is 9.84 Å². The lowest BCUT2D eigenvalue weighted by atomic mass is 9.78. The Morgan fingerprint density at radius 1 is 1.12 bits per heavy atom. The molecule has 0 bridgehead atoms. The van der Waals surface area contributed by atoms with Crippen molar-refractivity contribution in [1.82, 2.24) is 0 Å². The van der Waals surface area contributed by atoms with E-state index in [9.17, 15) is 14.7 Å². The van der Waals surface area contributed by atoms with Gasteiger partial charge >= 0.3 is 11.9 Å². The minimum absolute atomic E-state index is 0.370. The number of aryl methyl sites for hydroxylation is 1. The van der Waals surface area contributed by atoms with Crippen LogP contribution in [0, 0.1) is 12.3 Å². The number of carbonyl (C=O) groups is 2. The van der Waals surface area contributed by atoms with Crippen molar-refractivity contribution in [3.63, 3.8) is 0 Å². The predicted octanol–water partition coefficient (Wildman–Crippen LogP) is 4.02. The van der Waals surface area contributed by atoms with Crippen molar-refractivity contribution >= 4 is 11.9 Å². The summed E-state index contributed by atoms with van der Waals surface area (Å²) in [6.45, 7) is 1.85. The fourth-order valence-corrected chi connectivity index (χ4v) is 3.69. The summed E-state index contributed by atoms with van der Waals surface area (Å²) in [5.74, 6) is -1.33. The van der Waals surface area contributed by atoms with Gasteiger partial charge in [-0.25, -0.2) is 4.79 Å². The third-order valence-electron chi connectivity index (χ3n) is 5.11. The molecule has 4 heteroatoms. The van der Waals surface area contributed by atoms with E-state index in [2.05, 4.69) is 0 Å². The van der Waals surface area contributed by atoms with E-state index >= 15 is 0 Å². The number of carbonyl (C=O) groups excluding carboxylic acids is 1. The third kappa shape index (κ3) is 3.43. The Labute approximate surface area is 147 Å². The fourth-order valence-electron chi connectivity index (χ4n) is 3.69. The monoisotopic (exact) mass is 338 g/mol. The van der Waals surface area contributed by atoms with Crippen molar-refractivity contribution < 1.29 is 19.4 Å². The van der Waals surface area contributed by atoms with Crippen molar-refractivity contribution in [1.29, 1.82) is 0 Å². The van der Waals surface area contributed by atoms with E-state index in [0.717, 1.165) is 17.5 Å². The highest BCUT2D eigenvalue weighted by atomic mass is 16.5. The second-order valence-corrected chi connectivity index (χ2v) is 6.72. The second-order valence-electron chi connectivity index (χ2n) is 6.72. The molecule has 1 fully saturated rings. The minimum atomic E-state index is -1.06. The lowest BCUT2D eigenvalue weighted by molar-refractivity contribution is -0.154. The number of carboxylic acids is 1. The summed E-state index contributed by atoms with van der Waals surface area (Å²) >= 11 is 0. The van der Waals surface area contributed by atoms with Gasteiger partial charge in [-0.1, -0.05) is 48.5 Å². The molecule has 1 N–H and O–H groups in total. The number of benzene rings is 2. The maximum Gasteiger partial charge on any atom is 0.338 e. The van der Waals surface area contributed by atoms with Crippen LogP contribution in [0.5, 0.6) is 0 Å². The molecule has 130 valence electrons. The van der Waals surface area contributed by atoms with E-state index in [1.165, 1.54) is 0 Å². The molecule has 1 aliphatic rings. The van der Waals surface area contributed by atoms with Crippen molar-refractivity contribution in [3.8, 4) is 0 Å². The number of carboxylic acid groups (broad SMARTS) is 1. The maximum atomic E-state index is 12.6. The highest BCUT2D eigenvalue weighted by molar-refractivity contribution is 5.91. The topological polar surface area (TPSA) is 63.6 Å². The molecule has 1 aliphatic carbocycles. The second kappa shape index (κ2) is 7.09. The smallest absolute Gasteiger partial charge is 0.338 e. The number of esters is 1. The van der Waals surface area contributed by atoms with Crippen molar-refractivity contribution in [3.05, 3.63) is 71.3 Å². The third-order valence-corrected chi connectivity index (χ3v) is 5.11. The summed E-state index contributed by atoms with van der Waals surface area (Å²) in [5, 5.41) is 9.94. The van der Waals surface area contributed by atoms with E-state index < -0.39 is 23.5 Å². The van der Waals surface area contributed by atoms with Gasteiger partial charge in [-0.05, 0) is 49.8 Å². The zero-order chi connectivity index (χ0) is 17.9. The van der Waals surface area contributed by atoms with Gasteiger partial charge in [0.1, 0.15) is 11.5 Å². The van der Waals surface area contributed by atoms with Crippen LogP contribution in [0.2, 0.25) is 0 Å². The molecule has 0 saturated heterocycles. The molecule has 25 heavy (non-hydrogen) atoms. The van der Waals surface area contributed by atoms with Crippen LogP contribution in [-0.2, 0) is 16.0 Å². The van der Waals surface area contributed by atoms with Crippen molar-refractivity contribution in [2.24, 2.45) is 5.41 Å². The van der Waals surface area contributed by atoms with Crippen molar-refractivity contribution in [2.75, 3.05) is 0 Å². The molecule has 2 atom stereocenters. The molecule has 2 aromatic carbocycles. The van der Waals surface area contributed by atoms with Gasteiger partial charge in [0.15, 0.2) is 0 Å². The molecule has 0 amide bonds. The lowest BCUT2D eigenvalue weighted by Crippen LogP contribution is -2.42. The Balaban J connectivity index is 1.85. The molecule has 0 radical (unpaired) electrons. The van der Waals surface area contributed by atoms with Gasteiger partial charge in [0.25, 0.3) is 0 Å². The number of aliphatic carboxylic acids is 1. The van der Waals surface area contributed by atoms with Crippen LogP contribution in [0.4, 0.5) is 0 Å². The first-order valence-corrected chi connectivity index (χ1v) is 8.57. The summed E-state index contributed by atoms with van der Waals surface area (Å²) in [6.07, 6.45) is 1.59. The normalized spacial score (nSPS) is 22.5. The average molecular weight is 338 g/mol. The number of rotatable bonds is 5. The Hall–Kier alpha value is -2.62. The van der Waals surface area contributed by atoms with Gasteiger partial charge in [0.05, 0.1) is 5.56 Å². The molecule has 0 heterocycles. The first-order valence-electron chi connectivity index (χ1n) is 8.57. The number of hydrogen-bond acceptors (Lipinski definition) is 3. The minimum Gasteiger partial charge on any atom is -0.481 e. The molecule has 2 unspecified atom stereocenters. The van der Waals surface area contributed by atoms with Crippen LogP contribution < -0.4 is 0 Å². The first kappa shape index (κ1) is 17.2. The van der Waals surface area contributed by atoms with Crippen LogP contribution in [0.15, 0.2) is 54.6 Å². The van der Waals surface area contributed by atoms with Gasteiger partial charge in [-0.2, -0.15) is 0 Å². The van der Waals surface area contributed by atoms with Gasteiger partial charge in [0, 0.05) is 0 Å². The molecular formula is C21H22O4. The van der Waals surface area contributed by atoms with Crippen LogP contribution in [-0.4, -0.2) is 23.1 Å². The molecule has 0 spiro atoms. The first-order chi connectivity index (χ1) is 12.0. The summed E-state index contributed by atoms with van der Waals surface area (Å²) in [6, 6.07) is 16.7. The Bertz CT molecular complexity index is 768. The van der Waals surface area contributed by atoms with Gasteiger partial charge in [-0.3, -0.25) is 4.79 Å². The van der Waals surface area contributed by atoms with E-state index in [4.69, 9.17) is 4.74 Å². The molecule has 4 nitrogen and oxygen atoms in total. The van der Waals surface area contributed by atoms with E-state index in [0.29, 0.717) is 24.8 Å². The summed E-state index contributed by atoms with van der Waals surface area (Å²) < 4.78 is 5.71. The van der Waals surface area contributed by atoms with Gasteiger partial charge in [0.2, 0.25) is 0 Å². The summed E-state index contributed by atoms with van der Waals surface area (Å²) in [7, 11) is 0. The number of ether oxygens (including phenoxy) is 1. The molecular weight excluding hydrogens is 316 g/mol. The van der Waals surface area contributed by atoms with Crippen LogP contribution in [0.25, 0.3) is 0 Å². The largest absolute Gasteiger partial charge is 0.481 e. The lowest BCUT2D eigenvalue weighted by Gasteiger charge is -2.31. The van der Waals surface area contributed by atoms with Crippen LogP contribution in [0.1, 0.15) is 40.7 Å². The van der Waals surface area contributed by atoms with E-state index in [-0.39, 0.29) is 0 Å². The standard InChI is InChI=1S/C21H22O4/c1-15-8-5-6-11-17(15)19(22)25-18-12-7-13-21(18,20(23)24)14-16-9-3-2-4-10-16/h2-6,8-11,18H,7,12-14H2,1H3,(H,23,24). The zero-order valence-electron chi connectivity index (χ0n) is 14.3. The Morgan fingerprint density at radius 2 is 1.80 bits per heavy atom. The van der Waals surface area contributed by atoms with Crippen LogP contribution in [0.3, 0.4) is 0 Å². The van der Waals surface area contributed by atoms with Crippen LogP contribution >= 0.6 is 0 Å². The quantitative estimate of drug-likeness (QED) is 0.837. The predicted molar refractivity (Wildman–Crippen MR) is 94.4 cm³/mol. The molecule has 1 saturated carbocycles. The summed E-state index contributed by atoms with van der Waals surface area (Å²) in [5.41, 5.74) is 1.21.